The average Bonchev–Trinajstić information content (AvgIpc) is 3.29. The molecule has 1 aromatic carbocycles. The van der Waals surface area contributed by atoms with Crippen LogP contribution in [0.1, 0.15) is 5.69 Å². The van der Waals surface area contributed by atoms with Crippen LogP contribution in [0.15, 0.2) is 53.7 Å². The minimum Gasteiger partial charge on any atom is -0.471 e. The Morgan fingerprint density at radius 3 is 2.68 bits per heavy atom. The lowest BCUT2D eigenvalue weighted by Gasteiger charge is -2.14. The van der Waals surface area contributed by atoms with E-state index in [-0.39, 0.29) is 12.3 Å². The molecule has 0 aliphatic heterocycles. The molecule has 3 heterocycles. The van der Waals surface area contributed by atoms with Crippen molar-refractivity contribution in [2.24, 2.45) is 14.1 Å². The average molecular weight is 378 g/mol. The highest BCUT2D eigenvalue weighted by molar-refractivity contribution is 5.79. The van der Waals surface area contributed by atoms with E-state index in [2.05, 4.69) is 16.1 Å². The van der Waals surface area contributed by atoms with E-state index in [0.29, 0.717) is 17.2 Å². The first kappa shape index (κ1) is 17.8. The summed E-state index contributed by atoms with van der Waals surface area (Å²) in [7, 11) is 7.55. The second kappa shape index (κ2) is 6.88. The van der Waals surface area contributed by atoms with Gasteiger partial charge in [-0.15, -0.1) is 0 Å². The van der Waals surface area contributed by atoms with Crippen LogP contribution in [-0.2, 0) is 20.7 Å². The van der Waals surface area contributed by atoms with E-state index >= 15 is 0 Å². The van der Waals surface area contributed by atoms with Gasteiger partial charge < -0.3 is 14.2 Å². The molecule has 0 unspecified atom stereocenters. The second-order valence-corrected chi connectivity index (χ2v) is 6.89. The van der Waals surface area contributed by atoms with Crippen molar-refractivity contribution in [3.63, 3.8) is 0 Å². The van der Waals surface area contributed by atoms with Crippen LogP contribution in [0.2, 0.25) is 0 Å². The summed E-state index contributed by atoms with van der Waals surface area (Å²) in [6, 6.07) is 9.93. The number of aryl methyl sites for hydroxylation is 2. The van der Waals surface area contributed by atoms with Gasteiger partial charge in [0.05, 0.1) is 11.9 Å². The van der Waals surface area contributed by atoms with Gasteiger partial charge in [-0.1, -0.05) is 12.1 Å². The molecule has 144 valence electrons. The third-order valence-corrected chi connectivity index (χ3v) is 4.64. The SMILES string of the molecule is CN(C)c1cccc(-c2cn(C)c(=O)n3cc(COc4ccnn4C)nc23)c1. The van der Waals surface area contributed by atoms with Gasteiger partial charge in [-0.2, -0.15) is 5.10 Å². The zero-order valence-corrected chi connectivity index (χ0v) is 16.3. The third-order valence-electron chi connectivity index (χ3n) is 4.64. The molecule has 4 aromatic rings. The molecule has 0 atom stereocenters. The molecule has 8 heteroatoms. The van der Waals surface area contributed by atoms with E-state index in [1.165, 1.54) is 0 Å². The largest absolute Gasteiger partial charge is 0.471 e. The summed E-state index contributed by atoms with van der Waals surface area (Å²) < 4.78 is 10.6. The summed E-state index contributed by atoms with van der Waals surface area (Å²) in [5.41, 5.74) is 4.10. The van der Waals surface area contributed by atoms with Crippen LogP contribution in [0, 0.1) is 0 Å². The molecule has 8 nitrogen and oxygen atoms in total. The standard InChI is InChI=1S/C20H22N6O2/c1-23(2)16-7-5-6-14(10-16)17-12-24(3)20(27)26-11-15(22-19(17)26)13-28-18-8-9-21-25(18)4/h5-12H,13H2,1-4H3. The third kappa shape index (κ3) is 3.13. The molecule has 3 aromatic heterocycles. The summed E-state index contributed by atoms with van der Waals surface area (Å²) in [4.78, 5) is 19.3. The minimum atomic E-state index is -0.151. The summed E-state index contributed by atoms with van der Waals surface area (Å²) in [5, 5.41) is 4.08. The summed E-state index contributed by atoms with van der Waals surface area (Å²) in [6.45, 7) is 0.252. The number of rotatable bonds is 5. The van der Waals surface area contributed by atoms with E-state index in [9.17, 15) is 4.79 Å². The fourth-order valence-electron chi connectivity index (χ4n) is 3.12. The fourth-order valence-corrected chi connectivity index (χ4v) is 3.12. The molecule has 28 heavy (non-hydrogen) atoms. The summed E-state index contributed by atoms with van der Waals surface area (Å²) >= 11 is 0. The predicted octanol–water partition coefficient (Wildman–Crippen LogP) is 2.08. The molecule has 0 aliphatic carbocycles. The van der Waals surface area contributed by atoms with Crippen molar-refractivity contribution >= 4 is 11.3 Å². The summed E-state index contributed by atoms with van der Waals surface area (Å²) in [5.74, 6) is 0.642. The van der Waals surface area contributed by atoms with Crippen LogP contribution >= 0.6 is 0 Å². The second-order valence-electron chi connectivity index (χ2n) is 6.89. The number of ether oxygens (including phenoxy) is 1. The molecule has 0 saturated carbocycles. The molecule has 0 bridgehead atoms. The molecule has 0 fully saturated rings. The van der Waals surface area contributed by atoms with E-state index < -0.39 is 0 Å². The Kier molecular flexibility index (Phi) is 4.38. The number of hydrogen-bond donors (Lipinski definition) is 0. The Balaban J connectivity index is 1.78. The molecule has 0 saturated heterocycles. The van der Waals surface area contributed by atoms with Crippen LogP contribution < -0.4 is 15.3 Å². The van der Waals surface area contributed by atoms with Gasteiger partial charge in [0.2, 0.25) is 5.88 Å². The van der Waals surface area contributed by atoms with Gasteiger partial charge in [0, 0.05) is 57.9 Å². The lowest BCUT2D eigenvalue weighted by Crippen LogP contribution is -2.23. The van der Waals surface area contributed by atoms with Crippen LogP contribution in [0.3, 0.4) is 0 Å². The van der Waals surface area contributed by atoms with Crippen molar-refractivity contribution in [2.45, 2.75) is 6.61 Å². The highest BCUT2D eigenvalue weighted by Crippen LogP contribution is 2.26. The molecule has 4 rings (SSSR count). The zero-order valence-electron chi connectivity index (χ0n) is 16.3. The minimum absolute atomic E-state index is 0.151. The number of hydrogen-bond acceptors (Lipinski definition) is 5. The van der Waals surface area contributed by atoms with Crippen molar-refractivity contribution in [3.8, 4) is 17.0 Å². The van der Waals surface area contributed by atoms with Gasteiger partial charge in [-0.25, -0.2) is 14.5 Å². The fraction of sp³-hybridized carbons (Fsp3) is 0.250. The molecular formula is C20H22N6O2. The first-order chi connectivity index (χ1) is 13.4. The van der Waals surface area contributed by atoms with E-state index in [1.54, 1.807) is 39.2 Å². The van der Waals surface area contributed by atoms with E-state index in [0.717, 1.165) is 16.8 Å². The van der Waals surface area contributed by atoms with Crippen LogP contribution in [0.4, 0.5) is 5.69 Å². The Morgan fingerprint density at radius 2 is 1.96 bits per heavy atom. The lowest BCUT2D eigenvalue weighted by molar-refractivity contribution is 0.275. The molecule has 0 spiro atoms. The molecule has 0 N–H and O–H groups in total. The van der Waals surface area contributed by atoms with Crippen LogP contribution in [0.25, 0.3) is 16.8 Å². The first-order valence-corrected chi connectivity index (χ1v) is 8.90. The van der Waals surface area contributed by atoms with Crippen LogP contribution in [-0.4, -0.2) is 37.8 Å². The molecule has 0 aliphatic rings. The predicted molar refractivity (Wildman–Crippen MR) is 108 cm³/mol. The van der Waals surface area contributed by atoms with E-state index in [4.69, 9.17) is 4.74 Å². The topological polar surface area (TPSA) is 69.6 Å². The molecule has 0 amide bonds. The quantitative estimate of drug-likeness (QED) is 0.532. The number of fused-ring (bicyclic) bond motifs is 1. The van der Waals surface area contributed by atoms with Gasteiger partial charge in [0.25, 0.3) is 0 Å². The number of imidazole rings is 1. The molecule has 0 radical (unpaired) electrons. The number of aromatic nitrogens is 5. The maximum Gasteiger partial charge on any atom is 0.333 e. The van der Waals surface area contributed by atoms with Gasteiger partial charge in [0.15, 0.2) is 5.65 Å². The Labute approximate surface area is 162 Å². The normalized spacial score (nSPS) is 11.1. The Bertz CT molecular complexity index is 1200. The van der Waals surface area contributed by atoms with Crippen molar-refractivity contribution in [1.29, 1.82) is 0 Å². The number of nitrogens with zero attached hydrogens (tertiary/aromatic N) is 6. The van der Waals surface area contributed by atoms with Gasteiger partial charge >= 0.3 is 5.69 Å². The maximum absolute atomic E-state index is 12.6. The van der Waals surface area contributed by atoms with Gasteiger partial charge in [-0.05, 0) is 17.7 Å². The number of anilines is 1. The number of benzene rings is 1. The Morgan fingerprint density at radius 1 is 1.14 bits per heavy atom. The van der Waals surface area contributed by atoms with Crippen molar-refractivity contribution in [1.82, 2.24) is 23.7 Å². The smallest absolute Gasteiger partial charge is 0.333 e. The van der Waals surface area contributed by atoms with E-state index in [1.807, 2.05) is 50.4 Å². The zero-order chi connectivity index (χ0) is 19.8. The maximum atomic E-state index is 12.6. The first-order valence-electron chi connectivity index (χ1n) is 8.90. The van der Waals surface area contributed by atoms with Gasteiger partial charge in [-0.3, -0.25) is 4.40 Å². The highest BCUT2D eigenvalue weighted by atomic mass is 16.5. The van der Waals surface area contributed by atoms with Crippen LogP contribution in [0.5, 0.6) is 5.88 Å². The Hall–Kier alpha value is -3.55. The lowest BCUT2D eigenvalue weighted by atomic mass is 10.1. The van der Waals surface area contributed by atoms with Crippen molar-refractivity contribution in [3.05, 3.63) is 65.1 Å². The monoisotopic (exact) mass is 378 g/mol. The summed E-state index contributed by atoms with van der Waals surface area (Å²) in [6.07, 6.45) is 5.23. The van der Waals surface area contributed by atoms with Crippen molar-refractivity contribution in [2.75, 3.05) is 19.0 Å². The van der Waals surface area contributed by atoms with Gasteiger partial charge in [0.1, 0.15) is 6.61 Å². The molecular weight excluding hydrogens is 356 g/mol. The van der Waals surface area contributed by atoms with Crippen molar-refractivity contribution < 1.29 is 4.74 Å². The highest BCUT2D eigenvalue weighted by Gasteiger charge is 2.14.